The molecule has 1 fully saturated rings. The SMILES string of the molecule is CC(C)=C1OCC(C)(C)N1C. The number of likely N-dealkylation sites (N-methyl/N-ethyl adjacent to an activating group) is 1. The molecule has 1 aliphatic heterocycles. The standard InChI is InChI=1S/C9H17NO/c1-7(2)8-10(5)9(3,4)6-11-8/h6H2,1-5H3. The van der Waals surface area contributed by atoms with Crippen LogP contribution < -0.4 is 0 Å². The molecule has 0 aromatic heterocycles. The molecule has 0 aromatic carbocycles. The Balaban J connectivity index is 2.88. The van der Waals surface area contributed by atoms with Crippen LogP contribution in [0.4, 0.5) is 0 Å². The van der Waals surface area contributed by atoms with Gasteiger partial charge in [0.1, 0.15) is 6.61 Å². The van der Waals surface area contributed by atoms with Gasteiger partial charge in [-0.25, -0.2) is 0 Å². The van der Waals surface area contributed by atoms with Crippen LogP contribution >= 0.6 is 0 Å². The van der Waals surface area contributed by atoms with E-state index in [4.69, 9.17) is 4.74 Å². The zero-order chi connectivity index (χ0) is 8.65. The summed E-state index contributed by atoms with van der Waals surface area (Å²) in [4.78, 5) is 2.20. The Morgan fingerprint density at radius 3 is 2.18 bits per heavy atom. The van der Waals surface area contributed by atoms with E-state index in [1.807, 2.05) is 0 Å². The quantitative estimate of drug-likeness (QED) is 0.530. The first-order valence-electron chi connectivity index (χ1n) is 3.99. The summed E-state index contributed by atoms with van der Waals surface area (Å²) in [5, 5.41) is 0. The van der Waals surface area contributed by atoms with E-state index in [0.717, 1.165) is 12.5 Å². The molecule has 2 nitrogen and oxygen atoms in total. The molecule has 0 unspecified atom stereocenters. The molecule has 1 rings (SSSR count). The van der Waals surface area contributed by atoms with Crippen LogP contribution in [0.2, 0.25) is 0 Å². The highest BCUT2D eigenvalue weighted by Gasteiger charge is 2.34. The van der Waals surface area contributed by atoms with Gasteiger partial charge in [-0.1, -0.05) is 0 Å². The second-order valence-electron chi connectivity index (χ2n) is 3.97. The Morgan fingerprint density at radius 1 is 1.45 bits per heavy atom. The Kier molecular flexibility index (Phi) is 1.87. The number of ether oxygens (including phenoxy) is 1. The number of hydrogen-bond donors (Lipinski definition) is 0. The van der Waals surface area contributed by atoms with Crippen LogP contribution in [-0.4, -0.2) is 24.1 Å². The van der Waals surface area contributed by atoms with Crippen LogP contribution in [0.1, 0.15) is 27.7 Å². The van der Waals surface area contributed by atoms with Crippen molar-refractivity contribution in [2.75, 3.05) is 13.7 Å². The van der Waals surface area contributed by atoms with Gasteiger partial charge in [0.2, 0.25) is 0 Å². The van der Waals surface area contributed by atoms with Gasteiger partial charge in [-0.05, 0) is 33.3 Å². The largest absolute Gasteiger partial charge is 0.477 e. The monoisotopic (exact) mass is 155 g/mol. The number of nitrogens with zero attached hydrogens (tertiary/aromatic N) is 1. The second kappa shape index (κ2) is 2.43. The Hall–Kier alpha value is -0.660. The summed E-state index contributed by atoms with van der Waals surface area (Å²) in [7, 11) is 2.08. The first kappa shape index (κ1) is 8.44. The molecule has 0 aliphatic carbocycles. The number of hydrogen-bond acceptors (Lipinski definition) is 2. The fourth-order valence-electron chi connectivity index (χ4n) is 1.19. The minimum absolute atomic E-state index is 0.159. The summed E-state index contributed by atoms with van der Waals surface area (Å²) in [6.45, 7) is 9.32. The highest BCUT2D eigenvalue weighted by atomic mass is 16.5. The highest BCUT2D eigenvalue weighted by molar-refractivity contribution is 5.09. The molecule has 0 atom stereocenters. The summed E-state index contributed by atoms with van der Waals surface area (Å²) in [6, 6.07) is 0. The predicted molar refractivity (Wildman–Crippen MR) is 46.2 cm³/mol. The van der Waals surface area contributed by atoms with Crippen molar-refractivity contribution in [2.24, 2.45) is 0 Å². The average molecular weight is 155 g/mol. The topological polar surface area (TPSA) is 12.5 Å². The summed E-state index contributed by atoms with van der Waals surface area (Å²) in [5.41, 5.74) is 1.41. The summed E-state index contributed by atoms with van der Waals surface area (Å²) in [6.07, 6.45) is 0. The van der Waals surface area contributed by atoms with Crippen LogP contribution in [0.25, 0.3) is 0 Å². The molecule has 0 radical (unpaired) electrons. The van der Waals surface area contributed by atoms with Crippen molar-refractivity contribution >= 4 is 0 Å². The molecule has 1 aliphatic rings. The molecular formula is C9H17NO. The summed E-state index contributed by atoms with van der Waals surface area (Å²) < 4.78 is 5.55. The van der Waals surface area contributed by atoms with E-state index in [9.17, 15) is 0 Å². The lowest BCUT2D eigenvalue weighted by Gasteiger charge is -2.26. The molecule has 0 aromatic rings. The van der Waals surface area contributed by atoms with Crippen molar-refractivity contribution < 1.29 is 4.74 Å². The van der Waals surface area contributed by atoms with Crippen molar-refractivity contribution in [2.45, 2.75) is 33.2 Å². The maximum atomic E-state index is 5.55. The third-order valence-corrected chi connectivity index (χ3v) is 2.20. The van der Waals surface area contributed by atoms with Crippen molar-refractivity contribution in [3.05, 3.63) is 11.5 Å². The third kappa shape index (κ3) is 1.35. The van der Waals surface area contributed by atoms with Gasteiger partial charge in [0, 0.05) is 7.05 Å². The molecule has 0 bridgehead atoms. The maximum absolute atomic E-state index is 5.55. The number of allylic oxidation sites excluding steroid dienone is 1. The molecule has 2 heteroatoms. The molecule has 1 heterocycles. The van der Waals surface area contributed by atoms with E-state index < -0.39 is 0 Å². The van der Waals surface area contributed by atoms with Gasteiger partial charge in [-0.2, -0.15) is 0 Å². The van der Waals surface area contributed by atoms with Gasteiger partial charge in [-0.3, -0.25) is 0 Å². The molecule has 0 amide bonds. The van der Waals surface area contributed by atoms with Gasteiger partial charge in [-0.15, -0.1) is 0 Å². The molecule has 64 valence electrons. The first-order chi connectivity index (χ1) is 4.95. The van der Waals surface area contributed by atoms with Gasteiger partial charge in [0.15, 0.2) is 5.88 Å². The zero-order valence-electron chi connectivity index (χ0n) is 8.06. The van der Waals surface area contributed by atoms with Gasteiger partial charge in [0.05, 0.1) is 5.54 Å². The molecule has 0 N–H and O–H groups in total. The second-order valence-corrected chi connectivity index (χ2v) is 3.97. The third-order valence-electron chi connectivity index (χ3n) is 2.20. The first-order valence-corrected chi connectivity index (χ1v) is 3.99. The molecule has 11 heavy (non-hydrogen) atoms. The minimum Gasteiger partial charge on any atom is -0.477 e. The van der Waals surface area contributed by atoms with Crippen molar-refractivity contribution in [1.82, 2.24) is 4.90 Å². The van der Waals surface area contributed by atoms with E-state index in [1.54, 1.807) is 0 Å². The van der Waals surface area contributed by atoms with Crippen LogP contribution in [0.5, 0.6) is 0 Å². The molecule has 1 saturated heterocycles. The molecule has 0 spiro atoms. The predicted octanol–water partition coefficient (Wildman–Crippen LogP) is 1.98. The fourth-order valence-corrected chi connectivity index (χ4v) is 1.19. The smallest absolute Gasteiger partial charge is 0.188 e. The lowest BCUT2D eigenvalue weighted by Crippen LogP contribution is -2.36. The Labute approximate surface area is 68.8 Å². The normalized spacial score (nSPS) is 21.9. The maximum Gasteiger partial charge on any atom is 0.188 e. The van der Waals surface area contributed by atoms with E-state index in [1.165, 1.54) is 5.57 Å². The Morgan fingerprint density at radius 2 is 2.00 bits per heavy atom. The van der Waals surface area contributed by atoms with Crippen LogP contribution in [0, 0.1) is 0 Å². The molecule has 0 saturated carbocycles. The fraction of sp³-hybridized carbons (Fsp3) is 0.778. The zero-order valence-corrected chi connectivity index (χ0v) is 8.06. The summed E-state index contributed by atoms with van der Waals surface area (Å²) >= 11 is 0. The summed E-state index contributed by atoms with van der Waals surface area (Å²) in [5.74, 6) is 1.04. The van der Waals surface area contributed by atoms with Crippen LogP contribution in [0.15, 0.2) is 11.5 Å². The minimum atomic E-state index is 0.159. The van der Waals surface area contributed by atoms with E-state index in [0.29, 0.717) is 0 Å². The van der Waals surface area contributed by atoms with Crippen molar-refractivity contribution in [3.8, 4) is 0 Å². The lowest BCUT2D eigenvalue weighted by molar-refractivity contribution is 0.234. The molecular weight excluding hydrogens is 138 g/mol. The van der Waals surface area contributed by atoms with Gasteiger partial charge in [0.25, 0.3) is 0 Å². The lowest BCUT2D eigenvalue weighted by atomic mass is 10.1. The van der Waals surface area contributed by atoms with E-state index >= 15 is 0 Å². The van der Waals surface area contributed by atoms with Gasteiger partial charge >= 0.3 is 0 Å². The van der Waals surface area contributed by atoms with Crippen molar-refractivity contribution in [1.29, 1.82) is 0 Å². The van der Waals surface area contributed by atoms with Crippen LogP contribution in [0.3, 0.4) is 0 Å². The Bertz CT molecular complexity index is 190. The van der Waals surface area contributed by atoms with E-state index in [-0.39, 0.29) is 5.54 Å². The van der Waals surface area contributed by atoms with E-state index in [2.05, 4.69) is 39.6 Å². The highest BCUT2D eigenvalue weighted by Crippen LogP contribution is 2.28. The van der Waals surface area contributed by atoms with Crippen LogP contribution in [-0.2, 0) is 4.74 Å². The number of rotatable bonds is 0. The average Bonchev–Trinajstić information content (AvgIpc) is 2.09. The van der Waals surface area contributed by atoms with Crippen molar-refractivity contribution in [3.63, 3.8) is 0 Å². The van der Waals surface area contributed by atoms with Gasteiger partial charge < -0.3 is 9.64 Å².